The number of piperidine rings is 1. The first-order valence-corrected chi connectivity index (χ1v) is 6.23. The highest BCUT2D eigenvalue weighted by Crippen LogP contribution is 2.76. The Morgan fingerprint density at radius 3 is 2.43 bits per heavy atom. The van der Waals surface area contributed by atoms with Crippen LogP contribution in [-0.4, -0.2) is 23.5 Å². The molecule has 2 aliphatic carbocycles. The van der Waals surface area contributed by atoms with Crippen LogP contribution in [0.2, 0.25) is 0 Å². The molecule has 2 unspecified atom stereocenters. The molecule has 1 saturated heterocycles. The second-order valence-electron chi connectivity index (χ2n) is 6.93. The van der Waals surface area contributed by atoms with Crippen LogP contribution in [0.1, 0.15) is 52.9 Å². The molecule has 1 aliphatic heterocycles. The fourth-order valence-electron chi connectivity index (χ4n) is 4.22. The third-order valence-electron chi connectivity index (χ3n) is 5.29. The largest absolute Gasteiger partial charge is 0.298 e. The van der Waals surface area contributed by atoms with E-state index in [4.69, 9.17) is 0 Å². The van der Waals surface area contributed by atoms with Crippen molar-refractivity contribution in [2.45, 2.75) is 58.4 Å². The predicted molar refractivity (Wildman–Crippen MR) is 59.3 cm³/mol. The maximum Gasteiger partial charge on any atom is 0.0125 e. The van der Waals surface area contributed by atoms with Crippen molar-refractivity contribution in [3.05, 3.63) is 0 Å². The first-order chi connectivity index (χ1) is 6.48. The van der Waals surface area contributed by atoms with E-state index in [9.17, 15) is 0 Å². The smallest absolute Gasteiger partial charge is 0.0125 e. The first-order valence-electron chi connectivity index (χ1n) is 6.23. The number of hydrogen-bond donors (Lipinski definition) is 0. The molecule has 1 nitrogen and oxygen atoms in total. The highest BCUT2D eigenvalue weighted by Gasteiger charge is 2.70. The zero-order valence-electron chi connectivity index (χ0n) is 9.90. The summed E-state index contributed by atoms with van der Waals surface area (Å²) in [7, 11) is 0. The zero-order chi connectivity index (χ0) is 10.0. The molecule has 3 fully saturated rings. The van der Waals surface area contributed by atoms with Gasteiger partial charge in [0.15, 0.2) is 0 Å². The topological polar surface area (TPSA) is 3.24 Å². The molecule has 80 valence electrons. The maximum absolute atomic E-state index is 2.73. The van der Waals surface area contributed by atoms with Gasteiger partial charge >= 0.3 is 0 Å². The van der Waals surface area contributed by atoms with Crippen molar-refractivity contribution < 1.29 is 0 Å². The van der Waals surface area contributed by atoms with Crippen molar-refractivity contribution in [3.8, 4) is 0 Å². The van der Waals surface area contributed by atoms with E-state index < -0.39 is 0 Å². The lowest BCUT2D eigenvalue weighted by Gasteiger charge is -2.42. The lowest BCUT2D eigenvalue weighted by molar-refractivity contribution is 0.0576. The van der Waals surface area contributed by atoms with Gasteiger partial charge < -0.3 is 0 Å². The standard InChI is InChI=1S/C13H23N/c1-11(2,3)14-8-7-12-5-4-6-13(12,9-12)10-14/h4-10H2,1-3H3. The van der Waals surface area contributed by atoms with Gasteiger partial charge in [0.05, 0.1) is 0 Å². The van der Waals surface area contributed by atoms with Crippen LogP contribution in [0.15, 0.2) is 0 Å². The van der Waals surface area contributed by atoms with Gasteiger partial charge in [-0.3, -0.25) is 4.90 Å². The van der Waals surface area contributed by atoms with Crippen LogP contribution in [-0.2, 0) is 0 Å². The van der Waals surface area contributed by atoms with Crippen molar-refractivity contribution in [2.24, 2.45) is 10.8 Å². The minimum absolute atomic E-state index is 0.395. The molecule has 0 N–H and O–H groups in total. The second kappa shape index (κ2) is 2.37. The van der Waals surface area contributed by atoms with Gasteiger partial charge in [-0.25, -0.2) is 0 Å². The summed E-state index contributed by atoms with van der Waals surface area (Å²) in [4.78, 5) is 2.73. The average molecular weight is 193 g/mol. The molecule has 3 rings (SSSR count). The Hall–Kier alpha value is -0.0400. The fraction of sp³-hybridized carbons (Fsp3) is 1.00. The minimum Gasteiger partial charge on any atom is -0.298 e. The lowest BCUT2D eigenvalue weighted by atomic mass is 9.86. The summed E-state index contributed by atoms with van der Waals surface area (Å²) < 4.78 is 0. The van der Waals surface area contributed by atoms with Gasteiger partial charge in [0.1, 0.15) is 0 Å². The van der Waals surface area contributed by atoms with Crippen molar-refractivity contribution in [1.29, 1.82) is 0 Å². The van der Waals surface area contributed by atoms with Crippen molar-refractivity contribution in [2.75, 3.05) is 13.1 Å². The van der Waals surface area contributed by atoms with Crippen LogP contribution in [0, 0.1) is 10.8 Å². The van der Waals surface area contributed by atoms with Gasteiger partial charge in [0, 0.05) is 12.1 Å². The summed E-state index contributed by atoms with van der Waals surface area (Å²) in [5.74, 6) is 0. The van der Waals surface area contributed by atoms with Crippen LogP contribution in [0.3, 0.4) is 0 Å². The molecule has 0 aromatic heterocycles. The Kier molecular flexibility index (Phi) is 1.56. The summed E-state index contributed by atoms with van der Waals surface area (Å²) in [6.07, 6.45) is 7.64. The molecular weight excluding hydrogens is 170 g/mol. The zero-order valence-corrected chi connectivity index (χ0v) is 9.90. The molecule has 0 amide bonds. The molecule has 0 bridgehead atoms. The van der Waals surface area contributed by atoms with E-state index in [0.717, 1.165) is 10.8 Å². The quantitative estimate of drug-likeness (QED) is 0.571. The van der Waals surface area contributed by atoms with Crippen LogP contribution >= 0.6 is 0 Å². The number of likely N-dealkylation sites (tertiary alicyclic amines) is 1. The first kappa shape index (κ1) is 9.21. The summed E-state index contributed by atoms with van der Waals surface area (Å²) in [5.41, 5.74) is 2.03. The fourth-order valence-corrected chi connectivity index (χ4v) is 4.22. The normalized spacial score (nSPS) is 47.4. The van der Waals surface area contributed by atoms with E-state index >= 15 is 0 Å². The Bertz CT molecular complexity index is 265. The Morgan fingerprint density at radius 1 is 1.00 bits per heavy atom. The van der Waals surface area contributed by atoms with Gasteiger partial charge in [-0.05, 0) is 63.8 Å². The number of nitrogens with zero attached hydrogens (tertiary/aromatic N) is 1. The third kappa shape index (κ3) is 0.997. The van der Waals surface area contributed by atoms with Gasteiger partial charge in [0.2, 0.25) is 0 Å². The number of hydrogen-bond acceptors (Lipinski definition) is 1. The van der Waals surface area contributed by atoms with Crippen LogP contribution in [0.4, 0.5) is 0 Å². The summed E-state index contributed by atoms with van der Waals surface area (Å²) in [6, 6.07) is 0. The molecule has 0 spiro atoms. The van der Waals surface area contributed by atoms with Crippen molar-refractivity contribution >= 4 is 0 Å². The molecular formula is C13H23N. The summed E-state index contributed by atoms with van der Waals surface area (Å²) in [6.45, 7) is 9.86. The lowest BCUT2D eigenvalue weighted by Crippen LogP contribution is -2.48. The summed E-state index contributed by atoms with van der Waals surface area (Å²) in [5, 5.41) is 0. The predicted octanol–water partition coefficient (Wildman–Crippen LogP) is 3.05. The van der Waals surface area contributed by atoms with Gasteiger partial charge in [-0.1, -0.05) is 6.42 Å². The Labute approximate surface area is 87.9 Å². The highest BCUT2D eigenvalue weighted by atomic mass is 15.2. The van der Waals surface area contributed by atoms with E-state index in [0.29, 0.717) is 5.54 Å². The molecule has 0 radical (unpaired) electrons. The highest BCUT2D eigenvalue weighted by molar-refractivity contribution is 5.21. The summed E-state index contributed by atoms with van der Waals surface area (Å²) >= 11 is 0. The monoisotopic (exact) mass is 193 g/mol. The molecule has 3 aliphatic rings. The van der Waals surface area contributed by atoms with Gasteiger partial charge in [-0.15, -0.1) is 0 Å². The van der Waals surface area contributed by atoms with E-state index in [-0.39, 0.29) is 0 Å². The van der Waals surface area contributed by atoms with Gasteiger partial charge in [0.25, 0.3) is 0 Å². The van der Waals surface area contributed by atoms with Crippen LogP contribution in [0.5, 0.6) is 0 Å². The number of rotatable bonds is 0. The second-order valence-corrected chi connectivity index (χ2v) is 6.93. The molecule has 1 heteroatoms. The molecule has 2 saturated carbocycles. The van der Waals surface area contributed by atoms with Crippen molar-refractivity contribution in [3.63, 3.8) is 0 Å². The van der Waals surface area contributed by atoms with E-state index in [1.54, 1.807) is 12.8 Å². The SMILES string of the molecule is CC(C)(C)N1CCC23CCCC2(C1)C3. The molecule has 0 aromatic rings. The molecule has 0 aromatic carbocycles. The Balaban J connectivity index is 1.80. The van der Waals surface area contributed by atoms with E-state index in [1.165, 1.54) is 32.4 Å². The van der Waals surface area contributed by atoms with Crippen molar-refractivity contribution in [1.82, 2.24) is 4.90 Å². The Morgan fingerprint density at radius 2 is 1.71 bits per heavy atom. The third-order valence-corrected chi connectivity index (χ3v) is 5.29. The van der Waals surface area contributed by atoms with Crippen LogP contribution < -0.4 is 0 Å². The van der Waals surface area contributed by atoms with E-state index in [1.807, 2.05) is 0 Å². The molecule has 2 atom stereocenters. The molecule has 14 heavy (non-hydrogen) atoms. The molecule has 1 heterocycles. The van der Waals surface area contributed by atoms with Gasteiger partial charge in [-0.2, -0.15) is 0 Å². The maximum atomic E-state index is 2.73. The minimum atomic E-state index is 0.395. The van der Waals surface area contributed by atoms with E-state index in [2.05, 4.69) is 25.7 Å². The average Bonchev–Trinajstić information content (AvgIpc) is 2.59. The van der Waals surface area contributed by atoms with Crippen LogP contribution in [0.25, 0.3) is 0 Å².